The van der Waals surface area contributed by atoms with Crippen LogP contribution in [0, 0.1) is 0 Å². The number of hydrogen-bond donors (Lipinski definition) is 1. The van der Waals surface area contributed by atoms with Crippen molar-refractivity contribution in [3.8, 4) is 0 Å². The highest BCUT2D eigenvalue weighted by Crippen LogP contribution is 2.35. The highest BCUT2D eigenvalue weighted by atomic mass is 15.5. The lowest BCUT2D eigenvalue weighted by Gasteiger charge is -1.98. The van der Waals surface area contributed by atoms with Crippen molar-refractivity contribution in [3.05, 3.63) is 11.4 Å². The summed E-state index contributed by atoms with van der Waals surface area (Å²) < 4.78 is 2.09. The van der Waals surface area contributed by atoms with Gasteiger partial charge >= 0.3 is 0 Å². The van der Waals surface area contributed by atoms with Crippen LogP contribution in [0.2, 0.25) is 0 Å². The average Bonchev–Trinajstić information content (AvgIpc) is 2.63. The van der Waals surface area contributed by atoms with Gasteiger partial charge in [-0.05, 0) is 12.8 Å². The largest absolute Gasteiger partial charge is 0.305 e. The first-order chi connectivity index (χ1) is 5.45. The zero-order valence-corrected chi connectivity index (χ0v) is 6.25. The Balaban J connectivity index is 2.09. The Hall–Kier alpha value is -0.900. The summed E-state index contributed by atoms with van der Waals surface area (Å²) in [4.78, 5) is 0. The van der Waals surface area contributed by atoms with Gasteiger partial charge in [0.1, 0.15) is 5.69 Å². The van der Waals surface area contributed by atoms with Gasteiger partial charge in [-0.1, -0.05) is 5.21 Å². The van der Waals surface area contributed by atoms with Crippen molar-refractivity contribution < 1.29 is 0 Å². The molecule has 58 valence electrons. The van der Waals surface area contributed by atoms with Crippen molar-refractivity contribution in [2.24, 2.45) is 0 Å². The Morgan fingerprint density at radius 2 is 2.27 bits per heavy atom. The minimum atomic E-state index is 0.672. The topological polar surface area (TPSA) is 42.7 Å². The summed E-state index contributed by atoms with van der Waals surface area (Å²) in [6, 6.07) is 0.672. The van der Waals surface area contributed by atoms with Crippen LogP contribution in [-0.2, 0) is 13.1 Å². The number of hydrogen-bond acceptors (Lipinski definition) is 3. The summed E-state index contributed by atoms with van der Waals surface area (Å²) in [5.41, 5.74) is 2.46. The Morgan fingerprint density at radius 3 is 3.09 bits per heavy atom. The molecule has 1 aromatic heterocycles. The first-order valence-corrected chi connectivity index (χ1v) is 4.09. The molecule has 0 unspecified atom stereocenters. The fraction of sp³-hybridized carbons (Fsp3) is 0.714. The Labute approximate surface area is 64.6 Å². The smallest absolute Gasteiger partial charge is 0.101 e. The molecule has 1 N–H and O–H groups in total. The lowest BCUT2D eigenvalue weighted by atomic mass is 10.4. The van der Waals surface area contributed by atoms with E-state index in [-0.39, 0.29) is 0 Å². The molecule has 0 saturated heterocycles. The van der Waals surface area contributed by atoms with Crippen LogP contribution in [0.1, 0.15) is 30.3 Å². The van der Waals surface area contributed by atoms with Crippen molar-refractivity contribution in [2.45, 2.75) is 32.0 Å². The van der Waals surface area contributed by atoms with Gasteiger partial charge in [-0.15, -0.1) is 5.10 Å². The second-order valence-corrected chi connectivity index (χ2v) is 3.26. The molecule has 2 heterocycles. The van der Waals surface area contributed by atoms with Gasteiger partial charge in [0, 0.05) is 13.1 Å². The summed E-state index contributed by atoms with van der Waals surface area (Å²) in [6.45, 7) is 1.86. The van der Waals surface area contributed by atoms with Gasteiger partial charge in [-0.3, -0.25) is 0 Å². The van der Waals surface area contributed by atoms with Crippen molar-refractivity contribution in [1.29, 1.82) is 0 Å². The van der Waals surface area contributed by atoms with Gasteiger partial charge < -0.3 is 5.32 Å². The molecule has 0 amide bonds. The molecule has 11 heavy (non-hydrogen) atoms. The maximum atomic E-state index is 4.13. The molecule has 1 aliphatic carbocycles. The van der Waals surface area contributed by atoms with Crippen LogP contribution in [0.3, 0.4) is 0 Å². The number of rotatable bonds is 1. The van der Waals surface area contributed by atoms with Crippen LogP contribution in [0.25, 0.3) is 0 Å². The van der Waals surface area contributed by atoms with Crippen LogP contribution in [-0.4, -0.2) is 15.0 Å². The molecule has 0 spiro atoms. The Morgan fingerprint density at radius 1 is 1.36 bits per heavy atom. The van der Waals surface area contributed by atoms with Crippen LogP contribution in [0.15, 0.2) is 0 Å². The second kappa shape index (κ2) is 1.82. The predicted octanol–water partition coefficient (Wildman–Crippen LogP) is 0.216. The summed E-state index contributed by atoms with van der Waals surface area (Å²) in [6.07, 6.45) is 2.58. The van der Waals surface area contributed by atoms with E-state index in [9.17, 15) is 0 Å². The maximum Gasteiger partial charge on any atom is 0.101 e. The summed E-state index contributed by atoms with van der Waals surface area (Å²) >= 11 is 0. The highest BCUT2D eigenvalue weighted by molar-refractivity contribution is 5.16. The average molecular weight is 150 g/mol. The summed E-state index contributed by atoms with van der Waals surface area (Å²) in [5, 5.41) is 11.5. The molecule has 1 fully saturated rings. The molecule has 3 rings (SSSR count). The number of fused-ring (bicyclic) bond motifs is 1. The van der Waals surface area contributed by atoms with Gasteiger partial charge in [0.05, 0.1) is 11.7 Å². The normalized spacial score (nSPS) is 22.2. The molecule has 0 bridgehead atoms. The Kier molecular flexibility index (Phi) is 0.946. The lowest BCUT2D eigenvalue weighted by Crippen LogP contribution is -2.08. The van der Waals surface area contributed by atoms with E-state index in [2.05, 4.69) is 20.3 Å². The van der Waals surface area contributed by atoms with E-state index in [1.807, 2.05) is 0 Å². The molecule has 0 aromatic carbocycles. The molecule has 4 heteroatoms. The van der Waals surface area contributed by atoms with Crippen molar-refractivity contribution in [2.75, 3.05) is 0 Å². The van der Waals surface area contributed by atoms with Gasteiger partial charge in [0.25, 0.3) is 0 Å². The van der Waals surface area contributed by atoms with Gasteiger partial charge in [-0.2, -0.15) is 0 Å². The fourth-order valence-electron chi connectivity index (χ4n) is 1.58. The van der Waals surface area contributed by atoms with E-state index in [0.717, 1.165) is 18.8 Å². The van der Waals surface area contributed by atoms with E-state index >= 15 is 0 Å². The molecule has 0 radical (unpaired) electrons. The zero-order chi connectivity index (χ0) is 7.26. The van der Waals surface area contributed by atoms with Crippen molar-refractivity contribution in [1.82, 2.24) is 20.3 Å². The lowest BCUT2D eigenvalue weighted by molar-refractivity contribution is 0.563. The van der Waals surface area contributed by atoms with Crippen molar-refractivity contribution in [3.63, 3.8) is 0 Å². The van der Waals surface area contributed by atoms with Gasteiger partial charge in [-0.25, -0.2) is 4.68 Å². The van der Waals surface area contributed by atoms with E-state index in [4.69, 9.17) is 0 Å². The second-order valence-electron chi connectivity index (χ2n) is 3.26. The number of aromatic nitrogens is 3. The molecule has 1 aromatic rings. The molecule has 2 aliphatic rings. The van der Waals surface area contributed by atoms with Crippen LogP contribution in [0.5, 0.6) is 0 Å². The first-order valence-electron chi connectivity index (χ1n) is 4.09. The molecule has 4 nitrogen and oxygen atoms in total. The predicted molar refractivity (Wildman–Crippen MR) is 38.8 cm³/mol. The van der Waals surface area contributed by atoms with Gasteiger partial charge in [0.15, 0.2) is 0 Å². The maximum absolute atomic E-state index is 4.13. The fourth-order valence-corrected chi connectivity index (χ4v) is 1.58. The summed E-state index contributed by atoms with van der Waals surface area (Å²) in [5.74, 6) is 0. The van der Waals surface area contributed by atoms with E-state index in [0.29, 0.717) is 6.04 Å². The minimum absolute atomic E-state index is 0.672. The van der Waals surface area contributed by atoms with E-state index in [1.165, 1.54) is 18.5 Å². The van der Waals surface area contributed by atoms with Crippen LogP contribution >= 0.6 is 0 Å². The third-order valence-corrected chi connectivity index (χ3v) is 2.35. The van der Waals surface area contributed by atoms with Gasteiger partial charge in [0.2, 0.25) is 0 Å². The SMILES string of the molecule is C1NCc2c1nnn2C1CC1. The molecule has 1 aliphatic heterocycles. The van der Waals surface area contributed by atoms with E-state index < -0.39 is 0 Å². The quantitative estimate of drug-likeness (QED) is 0.622. The zero-order valence-electron chi connectivity index (χ0n) is 6.25. The third kappa shape index (κ3) is 0.728. The molecular weight excluding hydrogens is 140 g/mol. The Bertz CT molecular complexity index is 287. The van der Waals surface area contributed by atoms with Crippen LogP contribution in [0.4, 0.5) is 0 Å². The molecule has 1 saturated carbocycles. The standard InChI is InChI=1S/C7H10N4/c1-2-5(1)11-7-4-8-3-6(7)9-10-11/h5,8H,1-4H2. The molecule has 0 atom stereocenters. The minimum Gasteiger partial charge on any atom is -0.305 e. The van der Waals surface area contributed by atoms with Crippen LogP contribution < -0.4 is 5.32 Å². The monoisotopic (exact) mass is 150 g/mol. The molecular formula is C7H10N4. The first kappa shape index (κ1) is 5.71. The number of nitrogens with one attached hydrogen (secondary N) is 1. The number of nitrogens with zero attached hydrogens (tertiary/aromatic N) is 3. The van der Waals surface area contributed by atoms with E-state index in [1.54, 1.807) is 0 Å². The van der Waals surface area contributed by atoms with Crippen molar-refractivity contribution >= 4 is 0 Å². The summed E-state index contributed by atoms with van der Waals surface area (Å²) in [7, 11) is 0. The third-order valence-electron chi connectivity index (χ3n) is 2.35. The highest BCUT2D eigenvalue weighted by Gasteiger charge is 2.29.